The molecule has 0 saturated heterocycles. The van der Waals surface area contributed by atoms with E-state index in [-0.39, 0.29) is 0 Å². The van der Waals surface area contributed by atoms with E-state index in [4.69, 9.17) is 28.4 Å². The summed E-state index contributed by atoms with van der Waals surface area (Å²) in [5.74, 6) is 4.41. The average Bonchev–Trinajstić information content (AvgIpc) is 3.35. The summed E-state index contributed by atoms with van der Waals surface area (Å²) in [4.78, 5) is 25.6. The van der Waals surface area contributed by atoms with Crippen LogP contribution in [0.1, 0.15) is 106 Å². The maximum Gasteiger partial charge on any atom is 0.343 e. The molecular weight excluding hydrogens is 813 g/mol. The van der Waals surface area contributed by atoms with Gasteiger partial charge in [0.25, 0.3) is 0 Å². The van der Waals surface area contributed by atoms with Crippen LogP contribution in [0.4, 0.5) is 0 Å². The van der Waals surface area contributed by atoms with Crippen molar-refractivity contribution in [1.29, 1.82) is 0 Å². The van der Waals surface area contributed by atoms with Crippen LogP contribution in [0.2, 0.25) is 0 Å². The Morgan fingerprint density at radius 2 is 0.615 bits per heavy atom. The molecule has 0 radical (unpaired) electrons. The van der Waals surface area contributed by atoms with Crippen LogP contribution in [-0.2, 0) is 0 Å². The van der Waals surface area contributed by atoms with Crippen molar-refractivity contribution >= 4 is 11.9 Å². The van der Waals surface area contributed by atoms with E-state index >= 15 is 0 Å². The molecule has 340 valence electrons. The topological polar surface area (TPSA) is 89.5 Å². The minimum absolute atomic E-state index is 0.404. The Labute approximate surface area is 385 Å². The molecule has 0 aliphatic carbocycles. The zero-order chi connectivity index (χ0) is 45.6. The zero-order valence-electron chi connectivity index (χ0n) is 38.5. The van der Waals surface area contributed by atoms with Gasteiger partial charge in [0.2, 0.25) is 0 Å². The third-order valence-electron chi connectivity index (χ3n) is 11.5. The van der Waals surface area contributed by atoms with Gasteiger partial charge in [-0.05, 0) is 144 Å². The van der Waals surface area contributed by atoms with Crippen LogP contribution in [0.25, 0.3) is 22.3 Å². The molecule has 0 aliphatic rings. The molecule has 2 atom stereocenters. The van der Waals surface area contributed by atoms with Crippen molar-refractivity contribution in [2.75, 3.05) is 26.4 Å². The van der Waals surface area contributed by atoms with Gasteiger partial charge in [-0.25, -0.2) is 9.59 Å². The molecule has 0 fully saturated rings. The Balaban J connectivity index is 0.779. The molecule has 0 N–H and O–H groups in total. The third-order valence-corrected chi connectivity index (χ3v) is 11.5. The number of hydrogen-bond acceptors (Lipinski definition) is 8. The van der Waals surface area contributed by atoms with Crippen LogP contribution >= 0.6 is 0 Å². The predicted octanol–water partition coefficient (Wildman–Crippen LogP) is 14.5. The number of esters is 2. The molecule has 6 aromatic rings. The summed E-state index contributed by atoms with van der Waals surface area (Å²) in [5, 5.41) is 0. The molecule has 65 heavy (non-hydrogen) atoms. The average molecular weight is 877 g/mol. The number of hydrogen-bond donors (Lipinski definition) is 0. The number of carbonyl (C=O) groups excluding carboxylic acids is 2. The van der Waals surface area contributed by atoms with Gasteiger partial charge in [-0.15, -0.1) is 0 Å². The maximum absolute atomic E-state index is 12.8. The Kier molecular flexibility index (Phi) is 18.9. The van der Waals surface area contributed by atoms with Crippen molar-refractivity contribution in [2.45, 2.75) is 85.5 Å². The standard InChI is InChI=1S/C57H64O8/c1-5-42(3)40-62-52-26-22-46(23-27-52)44-14-18-48(19-15-44)56(58)64-54-34-30-50(31-35-54)60-38-12-10-8-7-9-11-13-39-61-51-32-36-55(37-33-51)65-57(59)49-20-16-45(17-21-49)47-24-28-53(29-25-47)63-41-43(4)6-2/h14-37,42-43H,5-13,38-41H2,1-4H3/t42-,43-/m0/s1. The number of benzene rings is 6. The normalized spacial score (nSPS) is 11.9. The second-order valence-corrected chi connectivity index (χ2v) is 16.7. The van der Waals surface area contributed by atoms with Crippen molar-refractivity contribution < 1.29 is 38.0 Å². The van der Waals surface area contributed by atoms with Gasteiger partial charge in [0, 0.05) is 0 Å². The van der Waals surface area contributed by atoms with Crippen molar-refractivity contribution in [2.24, 2.45) is 11.8 Å². The van der Waals surface area contributed by atoms with E-state index in [2.05, 4.69) is 27.7 Å². The van der Waals surface area contributed by atoms with Crippen molar-refractivity contribution in [1.82, 2.24) is 0 Å². The summed E-state index contributed by atoms with van der Waals surface area (Å²) in [6.07, 6.45) is 9.84. The molecule has 0 spiro atoms. The molecule has 8 nitrogen and oxygen atoms in total. The lowest BCUT2D eigenvalue weighted by molar-refractivity contribution is 0.0725. The van der Waals surface area contributed by atoms with E-state index in [1.807, 2.05) is 97.1 Å². The van der Waals surface area contributed by atoms with Crippen LogP contribution in [0.3, 0.4) is 0 Å². The summed E-state index contributed by atoms with van der Waals surface area (Å²) in [6, 6.07) is 45.3. The molecule has 0 saturated carbocycles. The molecule has 8 heteroatoms. The van der Waals surface area contributed by atoms with Crippen LogP contribution in [-0.4, -0.2) is 38.4 Å². The molecule has 0 aromatic heterocycles. The third kappa shape index (κ3) is 15.9. The minimum Gasteiger partial charge on any atom is -0.494 e. The van der Waals surface area contributed by atoms with Crippen LogP contribution in [0, 0.1) is 11.8 Å². The van der Waals surface area contributed by atoms with Crippen LogP contribution in [0.15, 0.2) is 146 Å². The van der Waals surface area contributed by atoms with Crippen molar-refractivity contribution in [3.8, 4) is 56.8 Å². The highest BCUT2D eigenvalue weighted by Gasteiger charge is 2.12. The summed E-state index contributed by atoms with van der Waals surface area (Å²) < 4.78 is 34.8. The second kappa shape index (κ2) is 25.7. The fraction of sp³-hybridized carbons (Fsp3) is 0.333. The molecule has 6 rings (SSSR count). The highest BCUT2D eigenvalue weighted by atomic mass is 16.5. The second-order valence-electron chi connectivity index (χ2n) is 16.7. The predicted molar refractivity (Wildman–Crippen MR) is 260 cm³/mol. The summed E-state index contributed by atoms with van der Waals surface area (Å²) in [5.41, 5.74) is 5.11. The van der Waals surface area contributed by atoms with Gasteiger partial charge in [-0.1, -0.05) is 121 Å². The van der Waals surface area contributed by atoms with E-state index in [9.17, 15) is 9.59 Å². The lowest BCUT2D eigenvalue weighted by Gasteiger charge is -2.11. The minimum atomic E-state index is -0.404. The van der Waals surface area contributed by atoms with E-state index in [1.165, 1.54) is 6.42 Å². The number of carbonyl (C=O) groups is 2. The van der Waals surface area contributed by atoms with Gasteiger partial charge in [0.05, 0.1) is 37.6 Å². The van der Waals surface area contributed by atoms with Gasteiger partial charge >= 0.3 is 11.9 Å². The lowest BCUT2D eigenvalue weighted by Crippen LogP contribution is -2.08. The Morgan fingerprint density at radius 3 is 0.938 bits per heavy atom. The quantitative estimate of drug-likeness (QED) is 0.0302. The summed E-state index contributed by atoms with van der Waals surface area (Å²) >= 11 is 0. The molecule has 0 unspecified atom stereocenters. The largest absolute Gasteiger partial charge is 0.494 e. The number of unbranched alkanes of at least 4 members (excludes halogenated alkanes) is 6. The summed E-state index contributed by atoms with van der Waals surface area (Å²) in [7, 11) is 0. The molecule has 0 heterocycles. The first-order chi connectivity index (χ1) is 31.8. The SMILES string of the molecule is CC[C@H](C)COc1ccc(-c2ccc(C(=O)Oc3ccc(OCCCCCCCCCOc4ccc(OC(=O)c5ccc(-c6ccc(OC[C@@H](C)CC)cc6)cc5)cc4)cc3)cc2)cc1. The Hall–Kier alpha value is -6.54. The van der Waals surface area contributed by atoms with Crippen LogP contribution < -0.4 is 28.4 Å². The van der Waals surface area contributed by atoms with E-state index in [0.717, 1.165) is 96.6 Å². The first-order valence-electron chi connectivity index (χ1n) is 23.3. The molecule has 0 amide bonds. The highest BCUT2D eigenvalue weighted by Crippen LogP contribution is 2.27. The van der Waals surface area contributed by atoms with Gasteiger partial charge in [-0.2, -0.15) is 0 Å². The molecule has 6 aromatic carbocycles. The van der Waals surface area contributed by atoms with Gasteiger partial charge in [0.1, 0.15) is 34.5 Å². The van der Waals surface area contributed by atoms with Gasteiger partial charge in [-0.3, -0.25) is 0 Å². The van der Waals surface area contributed by atoms with Gasteiger partial charge < -0.3 is 28.4 Å². The first kappa shape index (κ1) is 47.9. The van der Waals surface area contributed by atoms with Crippen molar-refractivity contribution in [3.05, 3.63) is 157 Å². The van der Waals surface area contributed by atoms with E-state index in [0.29, 0.717) is 60.9 Å². The molecule has 0 bridgehead atoms. The first-order valence-corrected chi connectivity index (χ1v) is 23.3. The van der Waals surface area contributed by atoms with E-state index in [1.54, 1.807) is 48.5 Å². The zero-order valence-corrected chi connectivity index (χ0v) is 38.5. The Bertz CT molecular complexity index is 2140. The highest BCUT2D eigenvalue weighted by molar-refractivity contribution is 5.92. The van der Waals surface area contributed by atoms with Crippen LogP contribution in [0.5, 0.6) is 34.5 Å². The molecular formula is C57H64O8. The van der Waals surface area contributed by atoms with Crippen molar-refractivity contribution in [3.63, 3.8) is 0 Å². The molecule has 0 aliphatic heterocycles. The fourth-order valence-corrected chi connectivity index (χ4v) is 6.81. The monoisotopic (exact) mass is 876 g/mol. The maximum atomic E-state index is 12.8. The lowest BCUT2D eigenvalue weighted by atomic mass is 10.0. The van der Waals surface area contributed by atoms with Gasteiger partial charge in [0.15, 0.2) is 0 Å². The van der Waals surface area contributed by atoms with E-state index < -0.39 is 11.9 Å². The number of rotatable bonds is 26. The smallest absolute Gasteiger partial charge is 0.343 e. The fourth-order valence-electron chi connectivity index (χ4n) is 6.81. The number of ether oxygens (including phenoxy) is 6. The summed E-state index contributed by atoms with van der Waals surface area (Å²) in [6.45, 7) is 11.4. The Morgan fingerprint density at radius 1 is 0.354 bits per heavy atom.